The van der Waals surface area contributed by atoms with Gasteiger partial charge in [-0.25, -0.2) is 4.98 Å². The minimum absolute atomic E-state index is 0. The summed E-state index contributed by atoms with van der Waals surface area (Å²) in [6.07, 6.45) is 0. The maximum absolute atomic E-state index is 12.8. The molecule has 0 radical (unpaired) electrons. The molecule has 0 saturated carbocycles. The number of hydrogen-bond donors (Lipinski definition) is 2. The fourth-order valence-corrected chi connectivity index (χ4v) is 5.32. The van der Waals surface area contributed by atoms with E-state index in [2.05, 4.69) is 29.9 Å². The molecule has 4 heterocycles. The van der Waals surface area contributed by atoms with Crippen molar-refractivity contribution < 1.29 is 98.1 Å². The molecule has 0 unspecified atom stereocenters. The second-order valence-electron chi connectivity index (χ2n) is 6.76. The van der Waals surface area contributed by atoms with Crippen LogP contribution >= 0.6 is 34.6 Å². The number of aliphatic carboxylic acids is 2. The molecule has 0 spiro atoms. The molecule has 37 heavy (non-hydrogen) atoms. The molecular formula is C17H13N7Na2O8S3. The van der Waals surface area contributed by atoms with Crippen LogP contribution in [-0.4, -0.2) is 72.7 Å². The SMILES string of the molecule is Nc1nc(/C(=N/OCC(=O)[O-])C(=O)N[C@@H]2C(=O)N3C(C(=O)[O-])=C(OCc4csnn4)CS[C@H]23)cs1.[Na+].[Na+]. The molecule has 2 aromatic rings. The number of carboxylic acids is 2. The van der Waals surface area contributed by atoms with Crippen molar-refractivity contribution >= 4 is 69.2 Å². The third kappa shape index (κ3) is 7.21. The Balaban J connectivity index is 0.00000241. The molecule has 20 heteroatoms. The minimum Gasteiger partial charge on any atom is -0.546 e. The van der Waals surface area contributed by atoms with E-state index in [0.29, 0.717) is 5.69 Å². The number of aromatic nitrogens is 3. The van der Waals surface area contributed by atoms with Gasteiger partial charge in [0.05, 0.1) is 17.7 Å². The number of nitrogen functional groups attached to an aromatic ring is 1. The van der Waals surface area contributed by atoms with Gasteiger partial charge in [0, 0.05) is 10.8 Å². The molecule has 0 aromatic carbocycles. The number of nitrogens with two attached hydrogens (primary N) is 1. The Bertz CT molecular complexity index is 1240. The number of β-lactam (4-membered cyclic amide) rings is 1. The standard InChI is InChI=1S/C17H15N7O8S3.2Na/c18-17-19-7(4-34-17)10(22-32-2-9(25)26)13(27)20-11-14(28)24-12(16(29)30)8(5-33-15(11)24)31-1-6-3-35-23-21-6;;/h3-4,11,15H,1-2,5H2,(H2,18,19)(H,20,27)(H,25,26)(H,29,30);;/q;2*+1/p-2/b22-10-;;/t11-,15-;;/m1../s1. The van der Waals surface area contributed by atoms with Gasteiger partial charge in [0.2, 0.25) is 0 Å². The molecule has 3 N–H and O–H groups in total. The summed E-state index contributed by atoms with van der Waals surface area (Å²) in [5.41, 5.74) is 5.19. The summed E-state index contributed by atoms with van der Waals surface area (Å²) in [6.45, 7) is -0.969. The van der Waals surface area contributed by atoms with Crippen LogP contribution in [0, 0.1) is 0 Å². The zero-order chi connectivity index (χ0) is 25.1. The van der Waals surface area contributed by atoms with Crippen LogP contribution in [0.15, 0.2) is 27.4 Å². The van der Waals surface area contributed by atoms with Crippen molar-refractivity contribution in [1.82, 2.24) is 24.8 Å². The molecule has 2 aliphatic rings. The van der Waals surface area contributed by atoms with Gasteiger partial charge in [-0.2, -0.15) is 0 Å². The number of rotatable bonds is 10. The maximum Gasteiger partial charge on any atom is 1.00 e. The molecule has 2 aliphatic heterocycles. The maximum atomic E-state index is 12.8. The second kappa shape index (κ2) is 13.9. The summed E-state index contributed by atoms with van der Waals surface area (Å²) in [4.78, 5) is 57.5. The molecule has 1 saturated heterocycles. The predicted molar refractivity (Wildman–Crippen MR) is 116 cm³/mol. The Morgan fingerprint density at radius 3 is 2.62 bits per heavy atom. The van der Waals surface area contributed by atoms with E-state index in [4.69, 9.17) is 10.5 Å². The number of carboxylic acid groups (broad SMARTS) is 2. The topological polar surface area (TPSA) is 225 Å². The van der Waals surface area contributed by atoms with Crippen LogP contribution in [0.1, 0.15) is 11.4 Å². The van der Waals surface area contributed by atoms with Crippen LogP contribution in [0.25, 0.3) is 0 Å². The van der Waals surface area contributed by atoms with Crippen LogP contribution in [-0.2, 0) is 35.4 Å². The number of fused-ring (bicyclic) bond motifs is 1. The summed E-state index contributed by atoms with van der Waals surface area (Å²) in [5.74, 6) is -4.72. The van der Waals surface area contributed by atoms with Crippen LogP contribution in [0.4, 0.5) is 5.13 Å². The number of thiazole rings is 1. The van der Waals surface area contributed by atoms with E-state index in [1.165, 1.54) is 5.38 Å². The number of oxime groups is 1. The van der Waals surface area contributed by atoms with Crippen molar-refractivity contribution in [2.45, 2.75) is 18.0 Å². The Kier molecular flexibility index (Phi) is 11.8. The largest absolute Gasteiger partial charge is 1.00 e. The van der Waals surface area contributed by atoms with E-state index in [1.807, 2.05) is 0 Å². The van der Waals surface area contributed by atoms with Gasteiger partial charge in [-0.1, -0.05) is 9.64 Å². The van der Waals surface area contributed by atoms with Gasteiger partial charge in [0.25, 0.3) is 11.8 Å². The van der Waals surface area contributed by atoms with Crippen molar-refractivity contribution in [1.29, 1.82) is 0 Å². The molecule has 0 bridgehead atoms. The third-order valence-electron chi connectivity index (χ3n) is 4.53. The Morgan fingerprint density at radius 2 is 2.03 bits per heavy atom. The van der Waals surface area contributed by atoms with Crippen molar-refractivity contribution in [3.63, 3.8) is 0 Å². The van der Waals surface area contributed by atoms with E-state index in [-0.39, 0.29) is 88.1 Å². The van der Waals surface area contributed by atoms with E-state index in [9.17, 15) is 29.4 Å². The number of hydrogen-bond acceptors (Lipinski definition) is 16. The van der Waals surface area contributed by atoms with Crippen molar-refractivity contribution in [2.75, 3.05) is 18.1 Å². The van der Waals surface area contributed by atoms with Crippen molar-refractivity contribution in [3.05, 3.63) is 33.6 Å². The molecule has 15 nitrogen and oxygen atoms in total. The fourth-order valence-electron chi connectivity index (χ4n) is 3.06. The molecule has 0 aliphatic carbocycles. The number of carbonyl (C=O) groups excluding carboxylic acids is 4. The monoisotopic (exact) mass is 585 g/mol. The molecule has 1 fully saturated rings. The van der Waals surface area contributed by atoms with Gasteiger partial charge in [-0.3, -0.25) is 14.5 Å². The minimum atomic E-state index is -1.62. The number of ether oxygens (including phenoxy) is 1. The summed E-state index contributed by atoms with van der Waals surface area (Å²) < 4.78 is 9.22. The first-order valence-electron chi connectivity index (χ1n) is 9.46. The van der Waals surface area contributed by atoms with Gasteiger partial charge >= 0.3 is 59.1 Å². The first-order valence-corrected chi connectivity index (χ1v) is 12.2. The van der Waals surface area contributed by atoms with E-state index >= 15 is 0 Å². The van der Waals surface area contributed by atoms with E-state index in [1.54, 1.807) is 5.38 Å². The van der Waals surface area contributed by atoms with E-state index in [0.717, 1.165) is 39.5 Å². The van der Waals surface area contributed by atoms with Gasteiger partial charge in [0.15, 0.2) is 17.5 Å². The second-order valence-corrected chi connectivity index (χ2v) is 9.37. The van der Waals surface area contributed by atoms with Gasteiger partial charge in [0.1, 0.15) is 40.9 Å². The van der Waals surface area contributed by atoms with E-state index < -0.39 is 53.2 Å². The quantitative estimate of drug-likeness (QED) is 0.114. The Hall–Kier alpha value is -1.77. The Morgan fingerprint density at radius 1 is 1.27 bits per heavy atom. The predicted octanol–water partition coefficient (Wildman–Crippen LogP) is -9.37. The number of amides is 2. The Labute approximate surface area is 264 Å². The average molecular weight is 586 g/mol. The first kappa shape index (κ1) is 31.4. The normalized spacial score (nSPS) is 18.5. The zero-order valence-corrected chi connectivity index (χ0v) is 25.7. The smallest absolute Gasteiger partial charge is 0.546 e. The molecule has 2 atom stereocenters. The number of nitrogens with zero attached hydrogens (tertiary/aromatic N) is 5. The molecule has 4 rings (SSSR count). The summed E-state index contributed by atoms with van der Waals surface area (Å²) in [6, 6.07) is -1.12. The number of carbonyl (C=O) groups is 4. The van der Waals surface area contributed by atoms with Gasteiger partial charge < -0.3 is 40.4 Å². The number of nitrogens with one attached hydrogen (secondary N) is 1. The van der Waals surface area contributed by atoms with Crippen LogP contribution < -0.4 is 80.4 Å². The van der Waals surface area contributed by atoms with Crippen molar-refractivity contribution in [3.8, 4) is 0 Å². The molecule has 2 aromatic heterocycles. The fraction of sp³-hybridized carbons (Fsp3) is 0.294. The number of thioether (sulfide) groups is 1. The van der Waals surface area contributed by atoms with Crippen LogP contribution in [0.2, 0.25) is 0 Å². The van der Waals surface area contributed by atoms with Crippen molar-refractivity contribution in [2.24, 2.45) is 5.16 Å². The van der Waals surface area contributed by atoms with Crippen LogP contribution in [0.5, 0.6) is 0 Å². The molecule has 184 valence electrons. The number of anilines is 1. The summed E-state index contributed by atoms with van der Waals surface area (Å²) in [7, 11) is 0. The molecule has 2 amide bonds. The summed E-state index contributed by atoms with van der Waals surface area (Å²) in [5, 5.41) is 34.5. The zero-order valence-electron chi connectivity index (χ0n) is 19.2. The average Bonchev–Trinajstić information content (AvgIpc) is 3.49. The first-order chi connectivity index (χ1) is 16.8. The van der Waals surface area contributed by atoms with Crippen LogP contribution in [0.3, 0.4) is 0 Å². The molecular weight excluding hydrogens is 572 g/mol. The van der Waals surface area contributed by atoms with Gasteiger partial charge in [-0.15, -0.1) is 28.2 Å². The third-order valence-corrected chi connectivity index (χ3v) is 7.01. The summed E-state index contributed by atoms with van der Waals surface area (Å²) >= 11 is 3.26. The van der Waals surface area contributed by atoms with Gasteiger partial charge in [-0.05, 0) is 11.5 Å².